The van der Waals surface area contributed by atoms with Gasteiger partial charge < -0.3 is 9.64 Å². The van der Waals surface area contributed by atoms with Gasteiger partial charge in [0.2, 0.25) is 0 Å². The zero-order valence-corrected chi connectivity index (χ0v) is 11.8. The Balaban J connectivity index is 1.67. The van der Waals surface area contributed by atoms with Crippen molar-refractivity contribution < 1.29 is 14.1 Å². The van der Waals surface area contributed by atoms with E-state index < -0.39 is 0 Å². The first-order valence-electron chi connectivity index (χ1n) is 7.48. The molecule has 0 radical (unpaired) electrons. The Morgan fingerprint density at radius 1 is 1.00 bits per heavy atom. The van der Waals surface area contributed by atoms with Gasteiger partial charge in [0, 0.05) is 30.9 Å². The monoisotopic (exact) mass is 276 g/mol. The highest BCUT2D eigenvalue weighted by molar-refractivity contribution is 5.65. The third kappa shape index (κ3) is 2.93. The van der Waals surface area contributed by atoms with Crippen LogP contribution in [0.5, 0.6) is 0 Å². The number of piperidine rings is 1. The first kappa shape index (κ1) is 13.4. The van der Waals surface area contributed by atoms with Crippen LogP contribution in [0.2, 0.25) is 0 Å². The molecule has 1 aromatic rings. The van der Waals surface area contributed by atoms with E-state index in [0.29, 0.717) is 0 Å². The fourth-order valence-corrected chi connectivity index (χ4v) is 2.83. The third-order valence-corrected chi connectivity index (χ3v) is 4.04. The molecule has 0 unspecified atom stereocenters. The first-order valence-corrected chi connectivity index (χ1v) is 7.48. The predicted molar refractivity (Wildman–Crippen MR) is 75.9 cm³/mol. The summed E-state index contributed by atoms with van der Waals surface area (Å²) in [5, 5.41) is 0. The molecular formula is C15H22N3O2+. The van der Waals surface area contributed by atoms with Crippen molar-refractivity contribution in [2.45, 2.75) is 19.3 Å². The number of morpholine rings is 1. The molecule has 108 valence electrons. The van der Waals surface area contributed by atoms with Crippen LogP contribution in [-0.2, 0) is 4.74 Å². The molecule has 2 fully saturated rings. The maximum Gasteiger partial charge on any atom is 0.497 e. The smallest absolute Gasteiger partial charge is 0.378 e. The van der Waals surface area contributed by atoms with Gasteiger partial charge in [-0.1, -0.05) is 0 Å². The molecule has 2 aliphatic rings. The summed E-state index contributed by atoms with van der Waals surface area (Å²) in [5.74, 6) is 0. The lowest BCUT2D eigenvalue weighted by Crippen LogP contribution is -2.53. The average Bonchev–Trinajstić information content (AvgIpc) is 2.56. The van der Waals surface area contributed by atoms with E-state index in [9.17, 15) is 4.79 Å². The van der Waals surface area contributed by atoms with Crippen LogP contribution in [0.1, 0.15) is 19.3 Å². The fourth-order valence-electron chi connectivity index (χ4n) is 2.83. The molecule has 20 heavy (non-hydrogen) atoms. The molecule has 2 saturated heterocycles. The predicted octanol–water partition coefficient (Wildman–Crippen LogP) is 1.26. The number of likely N-dealkylation sites (tertiary alicyclic amines) is 1. The van der Waals surface area contributed by atoms with E-state index in [1.54, 1.807) is 4.57 Å². The topological polar surface area (TPSA) is 36.7 Å². The Bertz CT molecular complexity index is 449. The molecule has 1 amide bonds. The molecule has 0 atom stereocenters. The largest absolute Gasteiger partial charge is 0.497 e. The number of anilines is 1. The highest BCUT2D eigenvalue weighted by Crippen LogP contribution is 2.13. The van der Waals surface area contributed by atoms with Crippen molar-refractivity contribution in [2.75, 3.05) is 44.3 Å². The quantitative estimate of drug-likeness (QED) is 0.725. The summed E-state index contributed by atoms with van der Waals surface area (Å²) in [6.07, 6.45) is 7.24. The molecular weight excluding hydrogens is 254 g/mol. The molecule has 5 nitrogen and oxygen atoms in total. The summed E-state index contributed by atoms with van der Waals surface area (Å²) in [6, 6.07) is 4.14. The normalized spacial score (nSPS) is 20.0. The van der Waals surface area contributed by atoms with Crippen molar-refractivity contribution >= 4 is 11.7 Å². The van der Waals surface area contributed by atoms with Crippen molar-refractivity contribution in [1.82, 2.24) is 4.90 Å². The number of rotatable bonds is 1. The van der Waals surface area contributed by atoms with E-state index in [0.717, 1.165) is 57.9 Å². The Kier molecular flexibility index (Phi) is 4.16. The van der Waals surface area contributed by atoms with Crippen LogP contribution < -0.4 is 9.47 Å². The summed E-state index contributed by atoms with van der Waals surface area (Å²) in [6.45, 7) is 5.17. The van der Waals surface area contributed by atoms with Crippen LogP contribution in [0.25, 0.3) is 0 Å². The van der Waals surface area contributed by atoms with Gasteiger partial charge in [-0.2, -0.15) is 9.36 Å². The molecule has 0 spiro atoms. The molecule has 0 N–H and O–H groups in total. The van der Waals surface area contributed by atoms with Crippen molar-refractivity contribution in [2.24, 2.45) is 0 Å². The Morgan fingerprint density at radius 2 is 1.65 bits per heavy atom. The van der Waals surface area contributed by atoms with E-state index in [2.05, 4.69) is 4.90 Å². The van der Waals surface area contributed by atoms with E-state index >= 15 is 0 Å². The zero-order valence-electron chi connectivity index (χ0n) is 11.8. The molecule has 5 heteroatoms. The van der Waals surface area contributed by atoms with Gasteiger partial charge in [-0.25, -0.2) is 4.90 Å². The minimum absolute atomic E-state index is 0.0956. The van der Waals surface area contributed by atoms with Crippen molar-refractivity contribution in [3.8, 4) is 0 Å². The number of amides is 1. The van der Waals surface area contributed by atoms with Gasteiger partial charge >= 0.3 is 6.03 Å². The molecule has 3 heterocycles. The van der Waals surface area contributed by atoms with E-state index in [1.165, 1.54) is 6.42 Å². The number of nitrogens with zero attached hydrogens (tertiary/aromatic N) is 3. The Hall–Kier alpha value is -1.62. The van der Waals surface area contributed by atoms with Gasteiger partial charge in [0.15, 0.2) is 0 Å². The molecule has 3 rings (SSSR count). The molecule has 0 aromatic carbocycles. The number of hydrogen-bond acceptors (Lipinski definition) is 3. The van der Waals surface area contributed by atoms with Gasteiger partial charge in [0.1, 0.15) is 12.4 Å². The van der Waals surface area contributed by atoms with E-state index in [4.69, 9.17) is 4.74 Å². The maximum absolute atomic E-state index is 12.3. The van der Waals surface area contributed by atoms with Crippen LogP contribution in [-0.4, -0.2) is 50.3 Å². The number of aromatic nitrogens is 1. The Labute approximate surface area is 119 Å². The van der Waals surface area contributed by atoms with Gasteiger partial charge in [0.25, 0.3) is 0 Å². The molecule has 2 aliphatic heterocycles. The summed E-state index contributed by atoms with van der Waals surface area (Å²) in [7, 11) is 0. The number of hydrogen-bond donors (Lipinski definition) is 0. The van der Waals surface area contributed by atoms with Crippen molar-refractivity contribution in [3.63, 3.8) is 0 Å². The Morgan fingerprint density at radius 3 is 2.30 bits per heavy atom. The molecule has 0 bridgehead atoms. The summed E-state index contributed by atoms with van der Waals surface area (Å²) >= 11 is 0. The average molecular weight is 276 g/mol. The maximum atomic E-state index is 12.3. The lowest BCUT2D eigenvalue weighted by molar-refractivity contribution is -0.578. The highest BCUT2D eigenvalue weighted by Gasteiger charge is 2.26. The standard InChI is InChI=1S/C15H22N3O2/c19-15(17-6-2-1-3-7-17)18-8-4-14(5-9-18)16-10-12-20-13-11-16/h4-5,8-9H,1-3,6-7,10-13H2/q+1. The minimum atomic E-state index is 0.0956. The van der Waals surface area contributed by atoms with Gasteiger partial charge in [-0.05, 0) is 19.3 Å². The summed E-state index contributed by atoms with van der Waals surface area (Å²) < 4.78 is 7.04. The SMILES string of the molecule is O=C(N1CCCCC1)[n+]1ccc(N2CCOCC2)cc1. The third-order valence-electron chi connectivity index (χ3n) is 4.04. The van der Waals surface area contributed by atoms with E-state index in [-0.39, 0.29) is 6.03 Å². The number of carbonyl (C=O) groups is 1. The molecule has 0 aliphatic carbocycles. The van der Waals surface area contributed by atoms with Gasteiger partial charge in [0.05, 0.1) is 26.3 Å². The van der Waals surface area contributed by atoms with E-state index in [1.807, 2.05) is 29.4 Å². The fraction of sp³-hybridized carbons (Fsp3) is 0.600. The molecule has 1 aromatic heterocycles. The van der Waals surface area contributed by atoms with Crippen LogP contribution in [0, 0.1) is 0 Å². The zero-order chi connectivity index (χ0) is 13.8. The number of pyridine rings is 1. The highest BCUT2D eigenvalue weighted by atomic mass is 16.5. The number of ether oxygens (including phenoxy) is 1. The van der Waals surface area contributed by atoms with Crippen LogP contribution in [0.4, 0.5) is 10.5 Å². The van der Waals surface area contributed by atoms with Gasteiger partial charge in [-0.15, -0.1) is 0 Å². The van der Waals surface area contributed by atoms with Crippen molar-refractivity contribution in [1.29, 1.82) is 0 Å². The van der Waals surface area contributed by atoms with Crippen LogP contribution in [0.3, 0.4) is 0 Å². The lowest BCUT2D eigenvalue weighted by Gasteiger charge is -2.28. The second-order valence-electron chi connectivity index (χ2n) is 5.39. The molecule has 0 saturated carbocycles. The second kappa shape index (κ2) is 6.22. The lowest BCUT2D eigenvalue weighted by atomic mass is 10.1. The summed E-state index contributed by atoms with van der Waals surface area (Å²) in [5.41, 5.74) is 1.16. The first-order chi connectivity index (χ1) is 9.84. The second-order valence-corrected chi connectivity index (χ2v) is 5.39. The number of carbonyl (C=O) groups excluding carboxylic acids is 1. The van der Waals surface area contributed by atoms with Crippen LogP contribution in [0.15, 0.2) is 24.5 Å². The van der Waals surface area contributed by atoms with Gasteiger partial charge in [-0.3, -0.25) is 0 Å². The summed E-state index contributed by atoms with van der Waals surface area (Å²) in [4.78, 5) is 16.6. The van der Waals surface area contributed by atoms with Crippen LogP contribution >= 0.6 is 0 Å². The minimum Gasteiger partial charge on any atom is -0.378 e. The van der Waals surface area contributed by atoms with Crippen molar-refractivity contribution in [3.05, 3.63) is 24.5 Å².